The minimum atomic E-state index is -0.620. The van der Waals surface area contributed by atoms with E-state index in [1.54, 1.807) is 69.3 Å². The minimum Gasteiger partial charge on any atom is -0.490 e. The molecule has 0 unspecified atom stereocenters. The van der Waals surface area contributed by atoms with Crippen LogP contribution in [-0.4, -0.2) is 57.1 Å². The van der Waals surface area contributed by atoms with Crippen molar-refractivity contribution in [3.05, 3.63) is 120 Å². The molecule has 0 fully saturated rings. The van der Waals surface area contributed by atoms with Crippen LogP contribution in [0.3, 0.4) is 0 Å². The van der Waals surface area contributed by atoms with Crippen molar-refractivity contribution in [3.8, 4) is 34.5 Å². The number of ether oxygens (including phenoxy) is 8. The van der Waals surface area contributed by atoms with Crippen molar-refractivity contribution >= 4 is 34.6 Å². The summed E-state index contributed by atoms with van der Waals surface area (Å²) in [5.41, 5.74) is 1.96. The molecule has 0 aliphatic rings. The molecule has 0 aromatic heterocycles. The van der Waals surface area contributed by atoms with Crippen LogP contribution in [0.15, 0.2) is 109 Å². The second kappa shape index (κ2) is 21.5. The Hall–Kier alpha value is -6.56. The van der Waals surface area contributed by atoms with Crippen LogP contribution in [0.4, 0.5) is 0 Å². The third-order valence-corrected chi connectivity index (χ3v) is 7.98. The lowest BCUT2D eigenvalue weighted by Gasteiger charge is -2.15. The normalized spacial score (nSPS) is 10.5. The van der Waals surface area contributed by atoms with E-state index in [9.17, 15) is 19.2 Å². The van der Waals surface area contributed by atoms with Crippen LogP contribution in [0.1, 0.15) is 62.9 Å². The Bertz CT molecular complexity index is 2110. The summed E-state index contributed by atoms with van der Waals surface area (Å²) in [6, 6.07) is 20.6. The first-order chi connectivity index (χ1) is 27.3. The van der Waals surface area contributed by atoms with Crippen molar-refractivity contribution in [1.82, 2.24) is 0 Å². The van der Waals surface area contributed by atoms with Crippen LogP contribution in [0.2, 0.25) is 0 Å². The summed E-state index contributed by atoms with van der Waals surface area (Å²) in [6.07, 6.45) is 2.26. The third-order valence-electron chi connectivity index (χ3n) is 7.98. The van der Waals surface area contributed by atoms with Gasteiger partial charge in [-0.3, -0.25) is 0 Å². The minimum absolute atomic E-state index is 0.0666. The van der Waals surface area contributed by atoms with Gasteiger partial charge < -0.3 is 37.9 Å². The van der Waals surface area contributed by atoms with Crippen molar-refractivity contribution in [3.63, 3.8) is 0 Å². The van der Waals surface area contributed by atoms with Gasteiger partial charge in [0.05, 0.1) is 32.0 Å². The number of aryl methyl sites for hydroxylation is 1. The van der Waals surface area contributed by atoms with Gasteiger partial charge >= 0.3 is 23.9 Å². The molecule has 0 saturated carbocycles. The standard InChI is InChI=1S/C45H48O12/c1-8-11-34-26-38(17-19-39(34)55-28-54-36-15-12-33-25-37(16-13-32(33)24-36)56-44(48)31(6)7)57-45(49)35-14-18-40(50-20-9-22-52-42(46)29(2)3)41(27-35)51-21-10-23-53-43(47)30(4)5/h12-19,24-27H,2,4,6,8-11,20-23,28H2,1,3,5,7H3. The van der Waals surface area contributed by atoms with E-state index in [4.69, 9.17) is 37.9 Å². The van der Waals surface area contributed by atoms with E-state index in [1.165, 1.54) is 6.07 Å². The van der Waals surface area contributed by atoms with Crippen molar-refractivity contribution in [1.29, 1.82) is 0 Å². The fraction of sp³-hybridized carbons (Fsp3) is 0.289. The molecule has 0 radical (unpaired) electrons. The fourth-order valence-corrected chi connectivity index (χ4v) is 5.03. The van der Waals surface area contributed by atoms with Crippen molar-refractivity contribution in [2.24, 2.45) is 0 Å². The first kappa shape index (κ1) is 43.2. The number of hydrogen-bond acceptors (Lipinski definition) is 12. The Morgan fingerprint density at radius 2 is 1.07 bits per heavy atom. The van der Waals surface area contributed by atoms with Crippen LogP contribution in [-0.2, 0) is 30.3 Å². The summed E-state index contributed by atoms with van der Waals surface area (Å²) in [5, 5.41) is 1.76. The van der Waals surface area contributed by atoms with Crippen LogP contribution in [0.5, 0.6) is 34.5 Å². The Morgan fingerprint density at radius 1 is 0.526 bits per heavy atom. The predicted octanol–water partition coefficient (Wildman–Crippen LogP) is 8.68. The summed E-state index contributed by atoms with van der Waals surface area (Å²) in [5.74, 6) is 0.496. The number of benzene rings is 4. The molecular weight excluding hydrogens is 732 g/mol. The lowest BCUT2D eigenvalue weighted by atomic mass is 10.1. The summed E-state index contributed by atoms with van der Waals surface area (Å²) in [4.78, 5) is 48.6. The second-order valence-electron chi connectivity index (χ2n) is 13.1. The molecule has 0 aliphatic carbocycles. The first-order valence-corrected chi connectivity index (χ1v) is 18.4. The van der Waals surface area contributed by atoms with Crippen LogP contribution in [0, 0.1) is 0 Å². The molecule has 0 saturated heterocycles. The van der Waals surface area contributed by atoms with E-state index in [-0.39, 0.29) is 44.5 Å². The highest BCUT2D eigenvalue weighted by atomic mass is 16.7. The largest absolute Gasteiger partial charge is 0.490 e. The SMILES string of the molecule is C=C(C)C(=O)OCCCOc1ccc(C(=O)Oc2ccc(OCOc3ccc4cc(OC(=O)C(=C)C)ccc4c3)c(CCC)c2)cc1OCCCOC(=O)C(=C)C. The number of fused-ring (bicyclic) bond motifs is 1. The molecule has 57 heavy (non-hydrogen) atoms. The van der Waals surface area contributed by atoms with E-state index in [2.05, 4.69) is 19.7 Å². The monoisotopic (exact) mass is 780 g/mol. The smallest absolute Gasteiger partial charge is 0.343 e. The quantitative estimate of drug-likeness (QED) is 0.0248. The average Bonchev–Trinajstić information content (AvgIpc) is 3.18. The van der Waals surface area contributed by atoms with Gasteiger partial charge in [-0.2, -0.15) is 0 Å². The summed E-state index contributed by atoms with van der Waals surface area (Å²) >= 11 is 0. The fourth-order valence-electron chi connectivity index (χ4n) is 5.03. The number of carbonyl (C=O) groups excluding carboxylic acids is 4. The first-order valence-electron chi connectivity index (χ1n) is 18.4. The summed E-state index contributed by atoms with van der Waals surface area (Å²) in [6.45, 7) is 18.1. The molecule has 0 amide bonds. The molecule has 0 aliphatic heterocycles. The predicted molar refractivity (Wildman–Crippen MR) is 214 cm³/mol. The Labute approximate surface area is 332 Å². The second-order valence-corrected chi connectivity index (χ2v) is 13.1. The average molecular weight is 781 g/mol. The van der Waals surface area contributed by atoms with E-state index in [1.807, 2.05) is 25.1 Å². The van der Waals surface area contributed by atoms with Gasteiger partial charge in [-0.15, -0.1) is 0 Å². The molecule has 0 atom stereocenters. The maximum Gasteiger partial charge on any atom is 0.343 e. The Morgan fingerprint density at radius 3 is 1.68 bits per heavy atom. The summed E-state index contributed by atoms with van der Waals surface area (Å²) < 4.78 is 45.1. The molecule has 4 rings (SSSR count). The molecule has 0 spiro atoms. The lowest BCUT2D eigenvalue weighted by Crippen LogP contribution is -2.12. The van der Waals surface area contributed by atoms with Gasteiger partial charge in [-0.25, -0.2) is 19.2 Å². The van der Waals surface area contributed by atoms with Crippen LogP contribution < -0.4 is 28.4 Å². The Balaban J connectivity index is 1.38. The molecule has 300 valence electrons. The number of rotatable bonds is 22. The van der Waals surface area contributed by atoms with Gasteiger partial charge in [0.2, 0.25) is 6.79 Å². The highest BCUT2D eigenvalue weighted by Gasteiger charge is 2.16. The molecule has 4 aromatic carbocycles. The zero-order valence-corrected chi connectivity index (χ0v) is 32.8. The lowest BCUT2D eigenvalue weighted by molar-refractivity contribution is -0.140. The zero-order valence-electron chi connectivity index (χ0n) is 32.8. The van der Waals surface area contributed by atoms with E-state index in [0.29, 0.717) is 64.7 Å². The van der Waals surface area contributed by atoms with Crippen LogP contribution >= 0.6 is 0 Å². The molecule has 4 aromatic rings. The molecule has 0 N–H and O–H groups in total. The highest BCUT2D eigenvalue weighted by molar-refractivity contribution is 5.92. The Kier molecular flexibility index (Phi) is 16.3. The topological polar surface area (TPSA) is 142 Å². The molecule has 12 nitrogen and oxygen atoms in total. The van der Waals surface area contributed by atoms with Crippen molar-refractivity contribution < 1.29 is 57.1 Å². The van der Waals surface area contributed by atoms with Gasteiger partial charge in [0.15, 0.2) is 11.5 Å². The molecule has 0 bridgehead atoms. The van der Waals surface area contributed by atoms with Crippen molar-refractivity contribution in [2.75, 3.05) is 33.2 Å². The van der Waals surface area contributed by atoms with E-state index in [0.717, 1.165) is 22.8 Å². The van der Waals surface area contributed by atoms with E-state index >= 15 is 0 Å². The third kappa shape index (κ3) is 13.6. The highest BCUT2D eigenvalue weighted by Crippen LogP contribution is 2.31. The van der Waals surface area contributed by atoms with Gasteiger partial charge in [0.1, 0.15) is 23.0 Å². The molecular formula is C45H48O12. The summed E-state index contributed by atoms with van der Waals surface area (Å²) in [7, 11) is 0. The van der Waals surface area contributed by atoms with E-state index < -0.39 is 23.9 Å². The number of hydrogen-bond donors (Lipinski definition) is 0. The van der Waals surface area contributed by atoms with Gasteiger partial charge in [0.25, 0.3) is 0 Å². The maximum atomic E-state index is 13.4. The zero-order chi connectivity index (χ0) is 41.3. The number of esters is 4. The van der Waals surface area contributed by atoms with Gasteiger partial charge in [-0.1, -0.05) is 45.2 Å². The number of carbonyl (C=O) groups is 4. The molecule has 12 heteroatoms. The van der Waals surface area contributed by atoms with Crippen LogP contribution in [0.25, 0.3) is 10.8 Å². The maximum absolute atomic E-state index is 13.4. The van der Waals surface area contributed by atoms with Crippen molar-refractivity contribution in [2.45, 2.75) is 53.4 Å². The van der Waals surface area contributed by atoms with Gasteiger partial charge in [0, 0.05) is 29.6 Å². The molecule has 0 heterocycles. The van der Waals surface area contributed by atoms with Gasteiger partial charge in [-0.05, 0) is 104 Å².